The molecule has 1 saturated heterocycles. The number of nitro groups is 1. The molecule has 0 spiro atoms. The van der Waals surface area contributed by atoms with E-state index in [1.807, 2.05) is 0 Å². The fraction of sp³-hybridized carbons (Fsp3) is 0.647. The Labute approximate surface area is 147 Å². The first-order valence-electron chi connectivity index (χ1n) is 8.31. The van der Waals surface area contributed by atoms with Crippen LogP contribution >= 0.6 is 0 Å². The number of pyridine rings is 1. The Morgan fingerprint density at radius 3 is 2.44 bits per heavy atom. The van der Waals surface area contributed by atoms with Crippen molar-refractivity contribution in [3.05, 3.63) is 38.8 Å². The molecule has 0 radical (unpaired) electrons. The summed E-state index contributed by atoms with van der Waals surface area (Å²) in [5, 5.41) is 14.4. The number of nitrogens with one attached hydrogen (secondary N) is 1. The molecule has 1 aromatic rings. The number of nitrogens with zero attached hydrogens (tertiary/aromatic N) is 3. The van der Waals surface area contributed by atoms with Crippen molar-refractivity contribution in [3.8, 4) is 0 Å². The van der Waals surface area contributed by atoms with E-state index >= 15 is 0 Å². The van der Waals surface area contributed by atoms with Gasteiger partial charge in [-0.25, -0.2) is 0 Å². The Morgan fingerprint density at radius 2 is 1.92 bits per heavy atom. The van der Waals surface area contributed by atoms with Crippen LogP contribution in [0.25, 0.3) is 0 Å². The summed E-state index contributed by atoms with van der Waals surface area (Å²) in [6.45, 7) is 8.20. The lowest BCUT2D eigenvalue weighted by molar-refractivity contribution is -0.386. The van der Waals surface area contributed by atoms with Crippen LogP contribution < -0.4 is 10.9 Å². The van der Waals surface area contributed by atoms with Crippen LogP contribution in [-0.4, -0.2) is 44.5 Å². The van der Waals surface area contributed by atoms with Gasteiger partial charge in [-0.3, -0.25) is 19.7 Å². The molecule has 2 rings (SSSR count). The molecule has 0 unspecified atom stereocenters. The first kappa shape index (κ1) is 19.1. The minimum atomic E-state index is -0.764. The van der Waals surface area contributed by atoms with Crippen molar-refractivity contribution in [1.82, 2.24) is 14.8 Å². The van der Waals surface area contributed by atoms with Gasteiger partial charge in [-0.15, -0.1) is 0 Å². The predicted octanol–water partition coefficient (Wildman–Crippen LogP) is 1.52. The van der Waals surface area contributed by atoms with Gasteiger partial charge in [-0.1, -0.05) is 0 Å². The van der Waals surface area contributed by atoms with Gasteiger partial charge in [0, 0.05) is 36.4 Å². The lowest BCUT2D eigenvalue weighted by atomic mass is 9.79. The van der Waals surface area contributed by atoms with E-state index in [-0.39, 0.29) is 29.6 Å². The summed E-state index contributed by atoms with van der Waals surface area (Å²) in [4.78, 5) is 36.5. The van der Waals surface area contributed by atoms with Crippen LogP contribution in [0.2, 0.25) is 0 Å². The molecule has 1 amide bonds. The molecule has 2 heterocycles. The summed E-state index contributed by atoms with van der Waals surface area (Å²) in [5.41, 5.74) is -1.51. The molecule has 1 fully saturated rings. The minimum absolute atomic E-state index is 0.0353. The third kappa shape index (κ3) is 4.45. The van der Waals surface area contributed by atoms with Crippen LogP contribution in [0.15, 0.2) is 23.1 Å². The zero-order valence-corrected chi connectivity index (χ0v) is 15.4. The SMILES string of the molecule is CN(C(=O)Cn1cccc([N+](=O)[O-])c1=O)C1CC(C)(C)NC(C)(C)C1. The van der Waals surface area contributed by atoms with Crippen molar-refractivity contribution >= 4 is 11.6 Å². The summed E-state index contributed by atoms with van der Waals surface area (Å²) in [7, 11) is 1.73. The molecule has 1 aliphatic heterocycles. The third-order valence-electron chi connectivity index (χ3n) is 4.61. The molecular formula is C17H26N4O4. The maximum atomic E-state index is 12.6. The number of hydrogen-bond donors (Lipinski definition) is 1. The molecule has 0 aromatic carbocycles. The van der Waals surface area contributed by atoms with Gasteiger partial charge >= 0.3 is 11.2 Å². The molecule has 25 heavy (non-hydrogen) atoms. The Balaban J connectivity index is 2.17. The number of carbonyl (C=O) groups is 1. The van der Waals surface area contributed by atoms with E-state index in [1.165, 1.54) is 12.3 Å². The molecular weight excluding hydrogens is 324 g/mol. The zero-order valence-electron chi connectivity index (χ0n) is 15.4. The van der Waals surface area contributed by atoms with Crippen LogP contribution in [0.5, 0.6) is 0 Å². The lowest BCUT2D eigenvalue weighted by Crippen LogP contribution is -2.62. The van der Waals surface area contributed by atoms with E-state index in [1.54, 1.807) is 11.9 Å². The quantitative estimate of drug-likeness (QED) is 0.656. The van der Waals surface area contributed by atoms with Crippen LogP contribution in [0.3, 0.4) is 0 Å². The molecule has 0 saturated carbocycles. The Bertz CT molecular complexity index is 722. The van der Waals surface area contributed by atoms with Crippen molar-refractivity contribution in [2.45, 2.75) is 64.2 Å². The minimum Gasteiger partial charge on any atom is -0.341 e. The molecule has 1 aromatic heterocycles. The summed E-state index contributed by atoms with van der Waals surface area (Å²) >= 11 is 0. The fourth-order valence-electron chi connectivity index (χ4n) is 3.79. The monoisotopic (exact) mass is 350 g/mol. The fourth-order valence-corrected chi connectivity index (χ4v) is 3.79. The topological polar surface area (TPSA) is 97.5 Å². The molecule has 8 nitrogen and oxygen atoms in total. The van der Waals surface area contributed by atoms with Crippen molar-refractivity contribution in [3.63, 3.8) is 0 Å². The van der Waals surface area contributed by atoms with Crippen LogP contribution in [0.4, 0.5) is 5.69 Å². The number of piperidine rings is 1. The highest BCUT2D eigenvalue weighted by Crippen LogP contribution is 2.31. The standard InChI is InChI=1S/C17H26N4O4/c1-16(2)9-12(10-17(3,4)18-16)19(5)14(22)11-20-8-6-7-13(15(20)23)21(24)25/h6-8,12,18H,9-11H2,1-5H3. The first-order valence-corrected chi connectivity index (χ1v) is 8.31. The third-order valence-corrected chi connectivity index (χ3v) is 4.61. The summed E-state index contributed by atoms with van der Waals surface area (Å²) in [6.07, 6.45) is 2.99. The highest BCUT2D eigenvalue weighted by atomic mass is 16.6. The van der Waals surface area contributed by atoms with Gasteiger partial charge in [-0.2, -0.15) is 0 Å². The van der Waals surface area contributed by atoms with Gasteiger partial charge in [0.1, 0.15) is 6.54 Å². The average Bonchev–Trinajstić information content (AvgIpc) is 2.45. The summed E-state index contributed by atoms with van der Waals surface area (Å²) < 4.78 is 1.09. The molecule has 1 aliphatic rings. The maximum absolute atomic E-state index is 12.6. The number of carbonyl (C=O) groups excluding carboxylic acids is 1. The van der Waals surface area contributed by atoms with E-state index in [9.17, 15) is 19.7 Å². The largest absolute Gasteiger partial charge is 0.341 e. The Kier molecular flexibility index (Phi) is 5.04. The molecule has 1 N–H and O–H groups in total. The summed E-state index contributed by atoms with van der Waals surface area (Å²) in [5.74, 6) is -0.235. The van der Waals surface area contributed by atoms with Crippen molar-refractivity contribution in [2.24, 2.45) is 0 Å². The van der Waals surface area contributed by atoms with Gasteiger partial charge in [0.2, 0.25) is 5.91 Å². The van der Waals surface area contributed by atoms with Crippen molar-refractivity contribution in [1.29, 1.82) is 0 Å². The molecule has 138 valence electrons. The summed E-state index contributed by atoms with van der Waals surface area (Å²) in [6, 6.07) is 2.59. The van der Waals surface area contributed by atoms with Gasteiger partial charge in [0.05, 0.1) is 4.92 Å². The second-order valence-electron chi connectivity index (χ2n) is 8.04. The number of hydrogen-bond acceptors (Lipinski definition) is 5. The number of likely N-dealkylation sites (N-methyl/N-ethyl adjacent to an activating group) is 1. The van der Waals surface area contributed by atoms with Gasteiger partial charge in [0.25, 0.3) is 0 Å². The van der Waals surface area contributed by atoms with Gasteiger partial charge in [0.15, 0.2) is 0 Å². The Hall–Kier alpha value is -2.22. The second kappa shape index (κ2) is 6.59. The van der Waals surface area contributed by atoms with Gasteiger partial charge < -0.3 is 14.8 Å². The normalized spacial score (nSPS) is 19.4. The second-order valence-corrected chi connectivity index (χ2v) is 8.04. The highest BCUT2D eigenvalue weighted by molar-refractivity contribution is 5.76. The molecule has 0 atom stereocenters. The van der Waals surface area contributed by atoms with Crippen LogP contribution in [-0.2, 0) is 11.3 Å². The van der Waals surface area contributed by atoms with E-state index in [2.05, 4.69) is 33.0 Å². The number of rotatable bonds is 4. The molecule has 8 heteroatoms. The Morgan fingerprint density at radius 1 is 1.36 bits per heavy atom. The molecule has 0 aliphatic carbocycles. The van der Waals surface area contributed by atoms with Crippen LogP contribution in [0, 0.1) is 10.1 Å². The van der Waals surface area contributed by atoms with E-state index in [0.29, 0.717) is 0 Å². The number of amides is 1. The average molecular weight is 350 g/mol. The van der Waals surface area contributed by atoms with Gasteiger partial charge in [-0.05, 0) is 46.6 Å². The molecule has 0 bridgehead atoms. The zero-order chi connectivity index (χ0) is 19.0. The van der Waals surface area contributed by atoms with Crippen molar-refractivity contribution in [2.75, 3.05) is 7.05 Å². The van der Waals surface area contributed by atoms with E-state index in [4.69, 9.17) is 0 Å². The van der Waals surface area contributed by atoms with Crippen LogP contribution in [0.1, 0.15) is 40.5 Å². The highest BCUT2D eigenvalue weighted by Gasteiger charge is 2.40. The maximum Gasteiger partial charge on any atom is 0.334 e. The predicted molar refractivity (Wildman–Crippen MR) is 94.4 cm³/mol. The smallest absolute Gasteiger partial charge is 0.334 e. The van der Waals surface area contributed by atoms with E-state index in [0.717, 1.165) is 23.5 Å². The first-order chi connectivity index (χ1) is 11.4. The van der Waals surface area contributed by atoms with E-state index < -0.39 is 16.2 Å². The van der Waals surface area contributed by atoms with Crippen molar-refractivity contribution < 1.29 is 9.72 Å². The number of aromatic nitrogens is 1. The lowest BCUT2D eigenvalue weighted by Gasteiger charge is -2.49.